The van der Waals surface area contributed by atoms with Gasteiger partial charge in [0.25, 0.3) is 0 Å². The number of rotatable bonds is 7. The van der Waals surface area contributed by atoms with E-state index in [0.717, 1.165) is 6.07 Å². The number of hydrogen-bond donors (Lipinski definition) is 2. The highest BCUT2D eigenvalue weighted by atomic mass is 19.1. The molecule has 1 aromatic rings. The fourth-order valence-electron chi connectivity index (χ4n) is 1.85. The molecule has 0 saturated heterocycles. The molecule has 2 unspecified atom stereocenters. The lowest BCUT2D eigenvalue weighted by Gasteiger charge is -2.22. The van der Waals surface area contributed by atoms with Crippen LogP contribution in [0.25, 0.3) is 0 Å². The van der Waals surface area contributed by atoms with E-state index in [2.05, 4.69) is 5.32 Å². The van der Waals surface area contributed by atoms with Crippen molar-refractivity contribution >= 4 is 0 Å². The summed E-state index contributed by atoms with van der Waals surface area (Å²) < 4.78 is 31.2. The maximum Gasteiger partial charge on any atom is 0.126 e. The second-order valence-corrected chi connectivity index (χ2v) is 4.26. The highest BCUT2D eigenvalue weighted by Gasteiger charge is 2.14. The van der Waals surface area contributed by atoms with Gasteiger partial charge in [-0.15, -0.1) is 0 Å². The normalized spacial score (nSPS) is 14.5. The second-order valence-electron chi connectivity index (χ2n) is 4.26. The number of benzene rings is 1. The monoisotopic (exact) mass is 259 g/mol. The first-order valence-corrected chi connectivity index (χ1v) is 5.88. The molecule has 0 bridgehead atoms. The third kappa shape index (κ3) is 4.68. The van der Waals surface area contributed by atoms with Gasteiger partial charge in [0.05, 0.1) is 6.61 Å². The maximum absolute atomic E-state index is 13.1. The first kappa shape index (κ1) is 15.0. The maximum atomic E-state index is 13.1. The van der Waals surface area contributed by atoms with Crippen LogP contribution < -0.4 is 5.32 Å². The quantitative estimate of drug-likeness (QED) is 0.787. The number of ether oxygens (including phenoxy) is 1. The topological polar surface area (TPSA) is 41.5 Å². The number of nitrogens with one attached hydrogen (secondary N) is 1. The zero-order valence-electron chi connectivity index (χ0n) is 10.6. The Morgan fingerprint density at radius 1 is 1.28 bits per heavy atom. The Balaban J connectivity index is 2.69. The molecule has 5 heteroatoms. The van der Waals surface area contributed by atoms with Gasteiger partial charge in [0.15, 0.2) is 0 Å². The minimum Gasteiger partial charge on any atom is -0.396 e. The Kier molecular flexibility index (Phi) is 6.18. The van der Waals surface area contributed by atoms with Crippen LogP contribution in [0, 0.1) is 11.6 Å². The van der Waals surface area contributed by atoms with E-state index in [0.29, 0.717) is 18.6 Å². The molecular weight excluding hydrogens is 240 g/mol. The van der Waals surface area contributed by atoms with Crippen molar-refractivity contribution in [1.29, 1.82) is 0 Å². The average Bonchev–Trinajstić information content (AvgIpc) is 2.28. The van der Waals surface area contributed by atoms with Crippen molar-refractivity contribution in [2.75, 3.05) is 20.3 Å². The molecule has 2 atom stereocenters. The molecule has 2 N–H and O–H groups in total. The lowest BCUT2D eigenvalue weighted by molar-refractivity contribution is 0.143. The van der Waals surface area contributed by atoms with E-state index in [9.17, 15) is 8.78 Å². The Morgan fingerprint density at radius 2 is 1.89 bits per heavy atom. The van der Waals surface area contributed by atoms with Crippen LogP contribution in [0.2, 0.25) is 0 Å². The largest absolute Gasteiger partial charge is 0.396 e. The molecule has 102 valence electrons. The molecule has 0 radical (unpaired) electrons. The Morgan fingerprint density at radius 3 is 2.39 bits per heavy atom. The van der Waals surface area contributed by atoms with Crippen LogP contribution in [0.1, 0.15) is 24.9 Å². The number of halogens is 2. The number of aliphatic hydroxyl groups excluding tert-OH is 1. The molecule has 0 spiro atoms. The van der Waals surface area contributed by atoms with Crippen LogP contribution in [0.3, 0.4) is 0 Å². The zero-order chi connectivity index (χ0) is 13.5. The van der Waals surface area contributed by atoms with Gasteiger partial charge < -0.3 is 15.2 Å². The van der Waals surface area contributed by atoms with Gasteiger partial charge in [0.2, 0.25) is 0 Å². The molecular formula is C13H19F2NO2. The Bertz CT molecular complexity index is 348. The summed E-state index contributed by atoms with van der Waals surface area (Å²) in [5.74, 6) is -1.19. The van der Waals surface area contributed by atoms with E-state index in [4.69, 9.17) is 9.84 Å². The van der Waals surface area contributed by atoms with Crippen LogP contribution in [-0.2, 0) is 4.74 Å². The second kappa shape index (κ2) is 7.41. The van der Waals surface area contributed by atoms with Crippen molar-refractivity contribution in [2.45, 2.75) is 25.4 Å². The standard InChI is InChI=1S/C13H19F2NO2/c1-9(16-13(3-4-17)8-18-2)10-5-11(14)7-12(15)6-10/h5-7,9,13,16-17H,3-4,8H2,1-2H3. The molecule has 0 aliphatic carbocycles. The lowest BCUT2D eigenvalue weighted by Crippen LogP contribution is -2.36. The molecule has 0 saturated carbocycles. The zero-order valence-corrected chi connectivity index (χ0v) is 10.6. The van der Waals surface area contributed by atoms with Crippen LogP contribution >= 0.6 is 0 Å². The summed E-state index contributed by atoms with van der Waals surface area (Å²) in [5, 5.41) is 12.1. The first-order valence-electron chi connectivity index (χ1n) is 5.88. The van der Waals surface area contributed by atoms with E-state index in [1.54, 1.807) is 7.11 Å². The predicted molar refractivity (Wildman–Crippen MR) is 65.3 cm³/mol. The Hall–Kier alpha value is -1.04. The summed E-state index contributed by atoms with van der Waals surface area (Å²) in [6.45, 7) is 2.28. The number of aliphatic hydroxyl groups is 1. The van der Waals surface area contributed by atoms with Crippen LogP contribution in [0.15, 0.2) is 18.2 Å². The van der Waals surface area contributed by atoms with E-state index in [1.807, 2.05) is 6.92 Å². The molecule has 1 aromatic carbocycles. The molecule has 0 aliphatic rings. The van der Waals surface area contributed by atoms with Gasteiger partial charge >= 0.3 is 0 Å². The first-order chi connectivity index (χ1) is 8.56. The van der Waals surface area contributed by atoms with Crippen molar-refractivity contribution in [3.05, 3.63) is 35.4 Å². The average molecular weight is 259 g/mol. The molecule has 0 aromatic heterocycles. The minimum atomic E-state index is -0.593. The SMILES string of the molecule is COCC(CCO)NC(C)c1cc(F)cc(F)c1. The molecule has 0 fully saturated rings. The molecule has 0 aliphatic heterocycles. The third-order valence-corrected chi connectivity index (χ3v) is 2.72. The molecule has 0 heterocycles. The van der Waals surface area contributed by atoms with Crippen molar-refractivity contribution in [3.8, 4) is 0 Å². The van der Waals surface area contributed by atoms with E-state index in [1.165, 1.54) is 12.1 Å². The van der Waals surface area contributed by atoms with E-state index >= 15 is 0 Å². The fraction of sp³-hybridized carbons (Fsp3) is 0.538. The van der Waals surface area contributed by atoms with Gasteiger partial charge in [-0.3, -0.25) is 0 Å². The summed E-state index contributed by atoms with van der Waals surface area (Å²) in [6.07, 6.45) is 0.524. The summed E-state index contributed by atoms with van der Waals surface area (Å²) in [5.41, 5.74) is 0.534. The van der Waals surface area contributed by atoms with Gasteiger partial charge in [-0.25, -0.2) is 8.78 Å². The third-order valence-electron chi connectivity index (χ3n) is 2.72. The summed E-state index contributed by atoms with van der Waals surface area (Å²) in [4.78, 5) is 0. The molecule has 0 amide bonds. The van der Waals surface area contributed by atoms with Gasteiger partial charge in [0, 0.05) is 31.9 Å². The summed E-state index contributed by atoms with van der Waals surface area (Å²) in [7, 11) is 1.57. The minimum absolute atomic E-state index is 0.0330. The molecule has 3 nitrogen and oxygen atoms in total. The highest BCUT2D eigenvalue weighted by Crippen LogP contribution is 2.17. The molecule has 1 rings (SSSR count). The Labute approximate surface area is 106 Å². The van der Waals surface area contributed by atoms with Gasteiger partial charge in [-0.05, 0) is 31.0 Å². The highest BCUT2D eigenvalue weighted by molar-refractivity contribution is 5.21. The van der Waals surface area contributed by atoms with Crippen molar-refractivity contribution in [2.24, 2.45) is 0 Å². The fourth-order valence-corrected chi connectivity index (χ4v) is 1.85. The van der Waals surface area contributed by atoms with Crippen LogP contribution in [0.5, 0.6) is 0 Å². The van der Waals surface area contributed by atoms with Crippen molar-refractivity contribution in [3.63, 3.8) is 0 Å². The van der Waals surface area contributed by atoms with Crippen molar-refractivity contribution < 1.29 is 18.6 Å². The summed E-state index contributed by atoms with van der Waals surface area (Å²) >= 11 is 0. The van der Waals surface area contributed by atoms with Crippen LogP contribution in [-0.4, -0.2) is 31.5 Å². The van der Waals surface area contributed by atoms with E-state index < -0.39 is 11.6 Å². The van der Waals surface area contributed by atoms with Crippen LogP contribution in [0.4, 0.5) is 8.78 Å². The molecule has 18 heavy (non-hydrogen) atoms. The van der Waals surface area contributed by atoms with E-state index in [-0.39, 0.29) is 18.7 Å². The number of hydrogen-bond acceptors (Lipinski definition) is 3. The number of methoxy groups -OCH3 is 1. The summed E-state index contributed by atoms with van der Waals surface area (Å²) in [6, 6.07) is 3.16. The lowest BCUT2D eigenvalue weighted by atomic mass is 10.1. The van der Waals surface area contributed by atoms with Gasteiger partial charge in [0.1, 0.15) is 11.6 Å². The van der Waals surface area contributed by atoms with Gasteiger partial charge in [-0.1, -0.05) is 0 Å². The predicted octanol–water partition coefficient (Wildman–Crippen LogP) is 2.01. The van der Waals surface area contributed by atoms with Gasteiger partial charge in [-0.2, -0.15) is 0 Å². The smallest absolute Gasteiger partial charge is 0.126 e. The van der Waals surface area contributed by atoms with Crippen molar-refractivity contribution in [1.82, 2.24) is 5.32 Å².